The highest BCUT2D eigenvalue weighted by Crippen LogP contribution is 2.35. The molecular formula is C17H24Cl2O. The summed E-state index contributed by atoms with van der Waals surface area (Å²) in [6.45, 7) is 3.07. The van der Waals surface area contributed by atoms with Crippen LogP contribution in [-0.2, 0) is 10.2 Å². The van der Waals surface area contributed by atoms with Crippen molar-refractivity contribution in [1.29, 1.82) is 0 Å². The molecule has 1 saturated heterocycles. The molecular weight excluding hydrogens is 291 g/mol. The molecule has 0 aliphatic carbocycles. The second kappa shape index (κ2) is 7.68. The summed E-state index contributed by atoms with van der Waals surface area (Å²) in [4.78, 5) is 0. The molecule has 1 aromatic rings. The third-order valence-electron chi connectivity index (χ3n) is 4.43. The van der Waals surface area contributed by atoms with E-state index < -0.39 is 0 Å². The molecule has 1 aromatic carbocycles. The van der Waals surface area contributed by atoms with Gasteiger partial charge in [-0.25, -0.2) is 0 Å². The van der Waals surface area contributed by atoms with Crippen LogP contribution in [0.5, 0.6) is 0 Å². The van der Waals surface area contributed by atoms with Crippen molar-refractivity contribution in [3.63, 3.8) is 0 Å². The van der Waals surface area contributed by atoms with E-state index in [1.54, 1.807) is 0 Å². The van der Waals surface area contributed by atoms with Gasteiger partial charge < -0.3 is 4.74 Å². The number of hydrogen-bond donors (Lipinski definition) is 0. The highest BCUT2D eigenvalue weighted by Gasteiger charge is 2.31. The van der Waals surface area contributed by atoms with Crippen LogP contribution in [0.2, 0.25) is 0 Å². The average Bonchev–Trinajstić information content (AvgIpc) is 2.98. The zero-order valence-electron chi connectivity index (χ0n) is 12.2. The molecule has 3 heteroatoms. The van der Waals surface area contributed by atoms with Crippen LogP contribution < -0.4 is 0 Å². The Bertz CT molecular complexity index is 409. The summed E-state index contributed by atoms with van der Waals surface area (Å²) in [6, 6.07) is 8.46. The minimum Gasteiger partial charge on any atom is -0.378 e. The maximum atomic E-state index is 6.31. The van der Waals surface area contributed by atoms with Crippen LogP contribution in [-0.4, -0.2) is 24.5 Å². The van der Waals surface area contributed by atoms with Crippen molar-refractivity contribution in [1.82, 2.24) is 0 Å². The number of hydrogen-bond acceptors (Lipinski definition) is 1. The third-order valence-corrected chi connectivity index (χ3v) is 5.46. The SMILES string of the molecule is Cc1ccccc1C(CCl)(CCl)CCCC1CCCO1. The topological polar surface area (TPSA) is 9.23 Å². The van der Waals surface area contributed by atoms with Crippen molar-refractivity contribution >= 4 is 23.2 Å². The molecule has 1 nitrogen and oxygen atoms in total. The van der Waals surface area contributed by atoms with Crippen LogP contribution >= 0.6 is 23.2 Å². The second-order valence-electron chi connectivity index (χ2n) is 5.89. The molecule has 1 aliphatic rings. The Morgan fingerprint density at radius 3 is 2.60 bits per heavy atom. The van der Waals surface area contributed by atoms with E-state index in [-0.39, 0.29) is 5.41 Å². The van der Waals surface area contributed by atoms with E-state index in [0.29, 0.717) is 17.9 Å². The summed E-state index contributed by atoms with van der Waals surface area (Å²) < 4.78 is 5.70. The van der Waals surface area contributed by atoms with Crippen LogP contribution in [0, 0.1) is 6.92 Å². The summed E-state index contributed by atoms with van der Waals surface area (Å²) in [5.41, 5.74) is 2.48. The molecule has 112 valence electrons. The highest BCUT2D eigenvalue weighted by atomic mass is 35.5. The first kappa shape index (κ1) is 16.1. The zero-order chi connectivity index (χ0) is 14.4. The summed E-state index contributed by atoms with van der Waals surface area (Å²) >= 11 is 12.6. The highest BCUT2D eigenvalue weighted by molar-refractivity contribution is 6.22. The first-order chi connectivity index (χ1) is 9.72. The lowest BCUT2D eigenvalue weighted by atomic mass is 9.77. The lowest BCUT2D eigenvalue weighted by molar-refractivity contribution is 0.101. The number of aryl methyl sites for hydroxylation is 1. The standard InChI is InChI=1S/C17H24Cl2O/c1-14-6-2-3-9-16(14)17(12-18,13-19)10-4-7-15-8-5-11-20-15/h2-3,6,9,15H,4-5,7-8,10-13H2,1H3. The predicted octanol–water partition coefficient (Wildman–Crippen LogP) is 5.06. The van der Waals surface area contributed by atoms with Crippen molar-refractivity contribution in [3.8, 4) is 0 Å². The minimum atomic E-state index is -0.104. The maximum Gasteiger partial charge on any atom is 0.0576 e. The average molecular weight is 315 g/mol. The van der Waals surface area contributed by atoms with Crippen molar-refractivity contribution < 1.29 is 4.74 Å². The first-order valence-electron chi connectivity index (χ1n) is 7.51. The molecule has 0 spiro atoms. The van der Waals surface area contributed by atoms with E-state index in [4.69, 9.17) is 27.9 Å². The van der Waals surface area contributed by atoms with E-state index in [2.05, 4.69) is 31.2 Å². The summed E-state index contributed by atoms with van der Waals surface area (Å²) in [5.74, 6) is 1.15. The molecule has 0 aromatic heterocycles. The van der Waals surface area contributed by atoms with Crippen LogP contribution in [0.1, 0.15) is 43.2 Å². The van der Waals surface area contributed by atoms with Gasteiger partial charge in [-0.3, -0.25) is 0 Å². The van der Waals surface area contributed by atoms with Crippen LogP contribution in [0.3, 0.4) is 0 Å². The Hall–Kier alpha value is -0.240. The van der Waals surface area contributed by atoms with Crippen molar-refractivity contribution in [2.75, 3.05) is 18.4 Å². The van der Waals surface area contributed by atoms with E-state index in [9.17, 15) is 0 Å². The lowest BCUT2D eigenvalue weighted by Crippen LogP contribution is -2.31. The normalized spacial score (nSPS) is 19.4. The van der Waals surface area contributed by atoms with Crippen molar-refractivity contribution in [3.05, 3.63) is 35.4 Å². The molecule has 0 amide bonds. The van der Waals surface area contributed by atoms with Gasteiger partial charge in [0.2, 0.25) is 0 Å². The second-order valence-corrected chi connectivity index (χ2v) is 6.42. The Morgan fingerprint density at radius 2 is 2.00 bits per heavy atom. The molecule has 1 aliphatic heterocycles. The van der Waals surface area contributed by atoms with Gasteiger partial charge in [0.25, 0.3) is 0 Å². The summed E-state index contributed by atoms with van der Waals surface area (Å²) in [6.07, 6.45) is 6.15. The van der Waals surface area contributed by atoms with Gasteiger partial charge in [0.05, 0.1) is 6.10 Å². The van der Waals surface area contributed by atoms with Crippen molar-refractivity contribution in [2.24, 2.45) is 0 Å². The first-order valence-corrected chi connectivity index (χ1v) is 8.58. The van der Waals surface area contributed by atoms with Crippen molar-refractivity contribution in [2.45, 2.75) is 50.5 Å². The number of ether oxygens (including phenoxy) is 1. The molecule has 0 radical (unpaired) electrons. The van der Waals surface area contributed by atoms with Gasteiger partial charge in [-0.05, 0) is 50.2 Å². The van der Waals surface area contributed by atoms with E-state index in [0.717, 1.165) is 25.9 Å². The molecule has 1 heterocycles. The Balaban J connectivity index is 2.03. The number of alkyl halides is 2. The van der Waals surface area contributed by atoms with E-state index in [1.165, 1.54) is 24.0 Å². The molecule has 0 bridgehead atoms. The lowest BCUT2D eigenvalue weighted by Gasteiger charge is -2.32. The maximum absolute atomic E-state index is 6.31. The van der Waals surface area contributed by atoms with Gasteiger partial charge in [0, 0.05) is 23.8 Å². The Labute approximate surface area is 132 Å². The van der Waals surface area contributed by atoms with Crippen LogP contribution in [0.15, 0.2) is 24.3 Å². The molecule has 1 atom stereocenters. The minimum absolute atomic E-state index is 0.104. The number of rotatable bonds is 7. The molecule has 1 unspecified atom stereocenters. The van der Waals surface area contributed by atoms with E-state index in [1.807, 2.05) is 0 Å². The monoisotopic (exact) mass is 314 g/mol. The number of halogens is 2. The third kappa shape index (κ3) is 3.69. The molecule has 1 fully saturated rings. The van der Waals surface area contributed by atoms with Gasteiger partial charge in [-0.15, -0.1) is 23.2 Å². The molecule has 0 N–H and O–H groups in total. The fourth-order valence-corrected chi connectivity index (χ4v) is 4.00. The summed E-state index contributed by atoms with van der Waals surface area (Å²) in [7, 11) is 0. The van der Waals surface area contributed by atoms with Gasteiger partial charge in [0.15, 0.2) is 0 Å². The largest absolute Gasteiger partial charge is 0.378 e. The zero-order valence-corrected chi connectivity index (χ0v) is 13.7. The van der Waals surface area contributed by atoms with Gasteiger partial charge in [0.1, 0.15) is 0 Å². The molecule has 0 saturated carbocycles. The quantitative estimate of drug-likeness (QED) is 0.639. The molecule has 20 heavy (non-hydrogen) atoms. The fourth-order valence-electron chi connectivity index (χ4n) is 3.16. The molecule has 2 rings (SSSR count). The number of benzene rings is 1. The smallest absolute Gasteiger partial charge is 0.0576 e. The van der Waals surface area contributed by atoms with Crippen LogP contribution in [0.25, 0.3) is 0 Å². The van der Waals surface area contributed by atoms with Gasteiger partial charge >= 0.3 is 0 Å². The fraction of sp³-hybridized carbons (Fsp3) is 0.647. The van der Waals surface area contributed by atoms with Gasteiger partial charge in [-0.1, -0.05) is 24.3 Å². The Morgan fingerprint density at radius 1 is 1.25 bits per heavy atom. The van der Waals surface area contributed by atoms with E-state index >= 15 is 0 Å². The Kier molecular flexibility index (Phi) is 6.20. The van der Waals surface area contributed by atoms with Gasteiger partial charge in [-0.2, -0.15) is 0 Å². The summed E-state index contributed by atoms with van der Waals surface area (Å²) in [5, 5.41) is 0. The van der Waals surface area contributed by atoms with Crippen LogP contribution in [0.4, 0.5) is 0 Å². The predicted molar refractivity (Wildman–Crippen MR) is 87.1 cm³/mol.